The van der Waals surface area contributed by atoms with Crippen LogP contribution in [0.15, 0.2) is 58.5 Å². The van der Waals surface area contributed by atoms with Crippen LogP contribution < -0.4 is 0 Å². The van der Waals surface area contributed by atoms with Crippen LogP contribution in [0.1, 0.15) is 243 Å². The number of hydrogen-bond donors (Lipinski definition) is 4. The Morgan fingerprint density at radius 1 is 0.560 bits per heavy atom. The van der Waals surface area contributed by atoms with Gasteiger partial charge in [-0.2, -0.15) is 26.3 Å². The fourth-order valence-corrected chi connectivity index (χ4v) is 24.4. The standard InChI is InChI=1S/C38H55F3O4S.C33H53F3O2/c1-25(32(46(44,45)27-9-7-6-8-10-27)24-36(42)20-17-33(2,3)18-21-36)29-13-14-30-28-12-11-26-23-37(43,38(39,40)41)22-19-34(26,4)31(28)15-16-35(29,30)5;1-21(9-12-31(37)16-13-28(3,4)14-17-31)27-22(2)19-26-24-8-7-23-20-32(38,33(34,35)36)18-15-29(23,5)25(24)10-11-30(26,27)6/h6-11,25,28-32,42-43H,12-24H2,1-5H3;7,21-22,24-27,37-38H,8-20H2,1-6H3/t25-,28-,29+,30-,31-,32?,34-,35+,37-;21-,22?,24-,25+,26+,27+,29+,30+,32+/m01/s1. The van der Waals surface area contributed by atoms with Crippen LogP contribution in [-0.2, 0) is 9.84 Å². The highest BCUT2D eigenvalue weighted by molar-refractivity contribution is 7.92. The Morgan fingerprint density at radius 3 is 1.51 bits per heavy atom. The number of aliphatic hydroxyl groups is 4. The molecule has 10 aliphatic rings. The third kappa shape index (κ3) is 11.3. The van der Waals surface area contributed by atoms with Crippen molar-refractivity contribution in [3.63, 3.8) is 0 Å². The van der Waals surface area contributed by atoms with Gasteiger partial charge in [-0.25, -0.2) is 8.42 Å². The Balaban J connectivity index is 0.000000191. The van der Waals surface area contributed by atoms with E-state index >= 15 is 0 Å². The summed E-state index contributed by atoms with van der Waals surface area (Å²) in [4.78, 5) is 0.323. The average Bonchev–Trinajstić information content (AvgIpc) is 1.43. The number of fused-ring (bicyclic) bond motifs is 10. The van der Waals surface area contributed by atoms with Crippen LogP contribution in [0, 0.1) is 97.6 Å². The smallest absolute Gasteiger partial charge is 0.390 e. The number of hydrogen-bond acceptors (Lipinski definition) is 6. The van der Waals surface area contributed by atoms with Gasteiger partial charge in [-0.05, 0) is 264 Å². The van der Waals surface area contributed by atoms with E-state index in [9.17, 15) is 55.2 Å². The highest BCUT2D eigenvalue weighted by Crippen LogP contribution is 2.71. The zero-order valence-electron chi connectivity index (χ0n) is 53.1. The topological polar surface area (TPSA) is 115 Å². The monoisotopic (exact) mass is 1200 g/mol. The van der Waals surface area contributed by atoms with Crippen molar-refractivity contribution in [3.8, 4) is 0 Å². The Bertz CT molecular complexity index is 2720. The number of benzene rings is 1. The van der Waals surface area contributed by atoms with Crippen LogP contribution in [0.4, 0.5) is 26.3 Å². The predicted molar refractivity (Wildman–Crippen MR) is 321 cm³/mol. The Morgan fingerprint density at radius 2 is 1.02 bits per heavy atom. The van der Waals surface area contributed by atoms with E-state index in [1.165, 1.54) is 6.42 Å². The summed E-state index contributed by atoms with van der Waals surface area (Å²) in [5.74, 6) is 4.41. The Hall–Kier alpha value is -1.93. The lowest BCUT2D eigenvalue weighted by Gasteiger charge is -2.59. The molecule has 0 spiro atoms. The van der Waals surface area contributed by atoms with Gasteiger partial charge in [0, 0.05) is 12.8 Å². The summed E-state index contributed by atoms with van der Waals surface area (Å²) in [5.41, 5.74) is -4.93. The summed E-state index contributed by atoms with van der Waals surface area (Å²) >= 11 is 0. The molecule has 11 rings (SSSR count). The summed E-state index contributed by atoms with van der Waals surface area (Å²) in [6.07, 6.45) is 12.8. The van der Waals surface area contributed by atoms with Crippen molar-refractivity contribution >= 4 is 9.84 Å². The van der Waals surface area contributed by atoms with Gasteiger partial charge in [-0.15, -0.1) is 0 Å². The second-order valence-corrected chi connectivity index (χ2v) is 35.9. The maximum absolute atomic E-state index is 14.5. The lowest BCUT2D eigenvalue weighted by Crippen LogP contribution is -2.56. The molecule has 8 saturated carbocycles. The maximum Gasteiger partial charge on any atom is 0.417 e. The van der Waals surface area contributed by atoms with Crippen LogP contribution >= 0.6 is 0 Å². The molecule has 0 aliphatic heterocycles. The molecule has 18 atom stereocenters. The highest BCUT2D eigenvalue weighted by Gasteiger charge is 2.67. The number of rotatable bonds is 10. The lowest BCUT2D eigenvalue weighted by atomic mass is 9.46. The molecule has 10 aliphatic carbocycles. The van der Waals surface area contributed by atoms with E-state index in [4.69, 9.17) is 0 Å². The molecule has 8 fully saturated rings. The van der Waals surface area contributed by atoms with E-state index in [2.05, 4.69) is 82.2 Å². The summed E-state index contributed by atoms with van der Waals surface area (Å²) < 4.78 is 111. The van der Waals surface area contributed by atoms with E-state index < -0.39 is 49.8 Å². The van der Waals surface area contributed by atoms with E-state index in [-0.39, 0.29) is 76.9 Å². The molecule has 476 valence electrons. The van der Waals surface area contributed by atoms with E-state index in [1.54, 1.807) is 24.3 Å². The van der Waals surface area contributed by atoms with Gasteiger partial charge in [-0.1, -0.05) is 118 Å². The molecule has 0 bridgehead atoms. The molecule has 0 heterocycles. The molecule has 0 saturated heterocycles. The Kier molecular flexibility index (Phi) is 17.0. The number of alkyl halides is 6. The molecule has 6 nitrogen and oxygen atoms in total. The van der Waals surface area contributed by atoms with Gasteiger partial charge in [0.2, 0.25) is 0 Å². The first kappa shape index (κ1) is 65.0. The van der Waals surface area contributed by atoms with Crippen molar-refractivity contribution in [1.82, 2.24) is 0 Å². The molecule has 0 aromatic heterocycles. The highest BCUT2D eigenvalue weighted by atomic mass is 32.2. The van der Waals surface area contributed by atoms with Gasteiger partial charge < -0.3 is 20.4 Å². The fourth-order valence-electron chi connectivity index (χ4n) is 22.2. The van der Waals surface area contributed by atoms with Gasteiger partial charge in [0.15, 0.2) is 21.0 Å². The van der Waals surface area contributed by atoms with Gasteiger partial charge in [-0.3, -0.25) is 0 Å². The molecule has 13 heteroatoms. The fraction of sp³-hybridized carbons (Fsp3) is 0.859. The minimum atomic E-state index is -4.64. The molecule has 0 amide bonds. The maximum atomic E-state index is 14.5. The number of halogens is 6. The normalized spacial score (nSPS) is 43.2. The van der Waals surface area contributed by atoms with E-state index in [1.807, 2.05) is 12.1 Å². The molecule has 2 unspecified atom stereocenters. The van der Waals surface area contributed by atoms with Crippen LogP contribution in [0.2, 0.25) is 0 Å². The molecule has 1 aromatic carbocycles. The molecular formula is C71H108F6O6S. The molecule has 0 radical (unpaired) electrons. The van der Waals surface area contributed by atoms with Gasteiger partial charge in [0.1, 0.15) is 0 Å². The second-order valence-electron chi connectivity index (χ2n) is 33.7. The molecule has 1 aromatic rings. The summed E-state index contributed by atoms with van der Waals surface area (Å²) in [6, 6.07) is 8.74. The van der Waals surface area contributed by atoms with Crippen molar-refractivity contribution < 1.29 is 55.2 Å². The van der Waals surface area contributed by atoms with Crippen molar-refractivity contribution in [2.75, 3.05) is 0 Å². The van der Waals surface area contributed by atoms with Gasteiger partial charge >= 0.3 is 12.4 Å². The Labute approximate surface area is 502 Å². The first-order valence-electron chi connectivity index (χ1n) is 33.4. The number of sulfone groups is 1. The van der Waals surface area contributed by atoms with Crippen LogP contribution in [0.25, 0.3) is 0 Å². The average molecular weight is 1200 g/mol. The summed E-state index contributed by atoms with van der Waals surface area (Å²) in [5, 5.41) is 43.6. The predicted octanol–water partition coefficient (Wildman–Crippen LogP) is 17.9. The van der Waals surface area contributed by atoms with Crippen LogP contribution in [0.3, 0.4) is 0 Å². The van der Waals surface area contributed by atoms with Crippen molar-refractivity contribution in [2.45, 2.75) is 288 Å². The molecular weight excluding hydrogens is 1090 g/mol. The molecule has 4 N–H and O–H groups in total. The van der Waals surface area contributed by atoms with Gasteiger partial charge in [0.25, 0.3) is 0 Å². The van der Waals surface area contributed by atoms with Crippen LogP contribution in [-0.4, -0.2) is 68.9 Å². The van der Waals surface area contributed by atoms with Gasteiger partial charge in [0.05, 0.1) is 21.3 Å². The lowest BCUT2D eigenvalue weighted by molar-refractivity contribution is -0.271. The molecule has 84 heavy (non-hydrogen) atoms. The largest absolute Gasteiger partial charge is 0.417 e. The minimum Gasteiger partial charge on any atom is -0.390 e. The first-order chi connectivity index (χ1) is 38.7. The minimum absolute atomic E-state index is 0.0781. The van der Waals surface area contributed by atoms with Crippen molar-refractivity contribution in [2.24, 2.45) is 97.6 Å². The van der Waals surface area contributed by atoms with Crippen molar-refractivity contribution in [3.05, 3.63) is 53.6 Å². The van der Waals surface area contributed by atoms with E-state index in [0.29, 0.717) is 83.3 Å². The first-order valence-corrected chi connectivity index (χ1v) is 34.9. The number of allylic oxidation sites excluding steroid dienone is 2. The zero-order valence-corrected chi connectivity index (χ0v) is 54.0. The quantitative estimate of drug-likeness (QED) is 0.137. The van der Waals surface area contributed by atoms with E-state index in [0.717, 1.165) is 114 Å². The zero-order chi connectivity index (χ0) is 61.5. The summed E-state index contributed by atoms with van der Waals surface area (Å²) in [6.45, 7) is 25.3. The third-order valence-corrected chi connectivity index (χ3v) is 30.2. The summed E-state index contributed by atoms with van der Waals surface area (Å²) in [7, 11) is -3.73. The second kappa shape index (κ2) is 21.9. The van der Waals surface area contributed by atoms with Crippen LogP contribution in [0.5, 0.6) is 0 Å². The van der Waals surface area contributed by atoms with Crippen molar-refractivity contribution in [1.29, 1.82) is 0 Å². The SMILES string of the molecule is CC1C[C@H]2[C@@H]3CC=C4C[C@](O)(C(F)(F)F)CC[C@]4(C)[C@H]3CC[C@]2(C)[C@H]1[C@H](C)CCC1(O)CCC(C)(C)CC1.C[C@H](C(CC1(O)CCC(C)(C)CC1)S(=O)(=O)c1ccccc1)[C@H]1CC[C@H]2[C@@H]3CC=C4C[C@](O)(C(F)(F)F)CC[C@]4(C)[C@H]3CC[C@]12C. The third-order valence-electron chi connectivity index (χ3n) is 27.9.